The highest BCUT2D eigenvalue weighted by Gasteiger charge is 2.29. The maximum atomic E-state index is 10.2. The lowest BCUT2D eigenvalue weighted by Crippen LogP contribution is -2.49. The average Bonchev–Trinajstić information content (AvgIpc) is 2.13. The Hall–Kier alpha value is -0.120. The molecule has 0 saturated carbocycles. The van der Waals surface area contributed by atoms with Crippen LogP contribution in [0, 0.1) is 5.92 Å². The summed E-state index contributed by atoms with van der Waals surface area (Å²) < 4.78 is 5.69. The van der Waals surface area contributed by atoms with Crippen LogP contribution in [0.3, 0.4) is 0 Å². The lowest BCUT2D eigenvalue weighted by Gasteiger charge is -2.36. The Balaban J connectivity index is 2.37. The molecule has 0 aliphatic carbocycles. The molecular formula is C13H27NO2. The molecule has 0 bridgehead atoms. The molecule has 1 heterocycles. The van der Waals surface area contributed by atoms with Gasteiger partial charge in [0, 0.05) is 12.6 Å². The summed E-state index contributed by atoms with van der Waals surface area (Å²) in [6.45, 7) is 10.9. The summed E-state index contributed by atoms with van der Waals surface area (Å²) in [4.78, 5) is 0. The minimum Gasteiger partial charge on any atom is -0.389 e. The minimum atomic E-state index is -0.620. The van der Waals surface area contributed by atoms with Crippen molar-refractivity contribution in [3.05, 3.63) is 0 Å². The largest absolute Gasteiger partial charge is 0.389 e. The first-order valence-corrected chi connectivity index (χ1v) is 6.42. The minimum absolute atomic E-state index is 0.273. The zero-order chi connectivity index (χ0) is 12.3. The van der Waals surface area contributed by atoms with Gasteiger partial charge in [-0.3, -0.25) is 0 Å². The van der Waals surface area contributed by atoms with Crippen molar-refractivity contribution < 1.29 is 9.84 Å². The molecule has 1 rings (SSSR count). The molecule has 1 fully saturated rings. The first kappa shape index (κ1) is 13.9. The molecule has 96 valence electrons. The predicted octanol–water partition coefficient (Wildman–Crippen LogP) is 1.94. The van der Waals surface area contributed by atoms with Crippen LogP contribution in [-0.4, -0.2) is 35.5 Å². The van der Waals surface area contributed by atoms with E-state index in [1.165, 1.54) is 0 Å². The summed E-state index contributed by atoms with van der Waals surface area (Å²) in [5.74, 6) is 0.273. The summed E-state index contributed by atoms with van der Waals surface area (Å²) in [5, 5.41) is 13.6. The van der Waals surface area contributed by atoms with Gasteiger partial charge < -0.3 is 15.2 Å². The van der Waals surface area contributed by atoms with E-state index in [1.807, 2.05) is 6.92 Å². The summed E-state index contributed by atoms with van der Waals surface area (Å²) in [7, 11) is 0. The van der Waals surface area contributed by atoms with Crippen LogP contribution < -0.4 is 5.32 Å². The Morgan fingerprint density at radius 2 is 1.81 bits per heavy atom. The lowest BCUT2D eigenvalue weighted by atomic mass is 9.91. The van der Waals surface area contributed by atoms with Gasteiger partial charge in [0.05, 0.1) is 17.8 Å². The number of rotatable bonds is 4. The Kier molecular flexibility index (Phi) is 4.77. The van der Waals surface area contributed by atoms with E-state index >= 15 is 0 Å². The second kappa shape index (κ2) is 5.48. The number of aliphatic hydroxyl groups is 1. The van der Waals surface area contributed by atoms with Crippen LogP contribution in [-0.2, 0) is 4.74 Å². The van der Waals surface area contributed by atoms with Gasteiger partial charge in [-0.25, -0.2) is 0 Å². The standard InChI is InChI=1S/C13H27NO2/c1-9(2)13(5,15)8-14-12-6-10(3)16-11(4)7-12/h9-12,14-15H,6-8H2,1-5H3. The molecule has 3 unspecified atom stereocenters. The van der Waals surface area contributed by atoms with Gasteiger partial charge in [0.2, 0.25) is 0 Å². The van der Waals surface area contributed by atoms with Crippen LogP contribution in [0.1, 0.15) is 47.5 Å². The highest BCUT2D eigenvalue weighted by atomic mass is 16.5. The van der Waals surface area contributed by atoms with Gasteiger partial charge in [0.15, 0.2) is 0 Å². The van der Waals surface area contributed by atoms with Crippen molar-refractivity contribution in [1.82, 2.24) is 5.32 Å². The summed E-state index contributed by atoms with van der Waals surface area (Å²) in [6, 6.07) is 0.476. The van der Waals surface area contributed by atoms with Crippen LogP contribution in [0.15, 0.2) is 0 Å². The number of nitrogens with one attached hydrogen (secondary N) is 1. The molecule has 3 nitrogen and oxygen atoms in total. The Labute approximate surface area is 99.6 Å². The monoisotopic (exact) mass is 229 g/mol. The first-order chi connectivity index (χ1) is 7.31. The van der Waals surface area contributed by atoms with Gasteiger partial charge in [-0.2, -0.15) is 0 Å². The second-order valence-electron chi connectivity index (χ2n) is 5.82. The van der Waals surface area contributed by atoms with E-state index < -0.39 is 5.60 Å². The molecule has 1 aliphatic heterocycles. The SMILES string of the molecule is CC1CC(NCC(C)(O)C(C)C)CC(C)O1. The molecule has 1 aliphatic rings. The van der Waals surface area contributed by atoms with E-state index in [1.54, 1.807) is 0 Å². The van der Waals surface area contributed by atoms with Crippen molar-refractivity contribution >= 4 is 0 Å². The topological polar surface area (TPSA) is 41.5 Å². The van der Waals surface area contributed by atoms with Crippen molar-refractivity contribution in [3.8, 4) is 0 Å². The molecule has 2 N–H and O–H groups in total. The second-order valence-corrected chi connectivity index (χ2v) is 5.82. The molecule has 1 saturated heterocycles. The molecule has 0 radical (unpaired) electrons. The molecule has 0 amide bonds. The fourth-order valence-corrected chi connectivity index (χ4v) is 2.13. The predicted molar refractivity (Wildman–Crippen MR) is 66.5 cm³/mol. The zero-order valence-electron chi connectivity index (χ0n) is 11.3. The van der Waals surface area contributed by atoms with E-state index in [2.05, 4.69) is 33.0 Å². The molecule has 16 heavy (non-hydrogen) atoms. The highest BCUT2D eigenvalue weighted by Crippen LogP contribution is 2.21. The van der Waals surface area contributed by atoms with Crippen LogP contribution in [0.5, 0.6) is 0 Å². The highest BCUT2D eigenvalue weighted by molar-refractivity contribution is 4.84. The average molecular weight is 229 g/mol. The van der Waals surface area contributed by atoms with Crippen molar-refractivity contribution in [2.24, 2.45) is 5.92 Å². The van der Waals surface area contributed by atoms with Crippen LogP contribution in [0.4, 0.5) is 0 Å². The fourth-order valence-electron chi connectivity index (χ4n) is 2.13. The van der Waals surface area contributed by atoms with E-state index in [0.29, 0.717) is 24.8 Å². The smallest absolute Gasteiger partial charge is 0.0766 e. The fraction of sp³-hybridized carbons (Fsp3) is 1.00. The maximum absolute atomic E-state index is 10.2. The molecule has 3 atom stereocenters. The Morgan fingerprint density at radius 1 is 1.31 bits per heavy atom. The zero-order valence-corrected chi connectivity index (χ0v) is 11.3. The Morgan fingerprint density at radius 3 is 2.25 bits per heavy atom. The summed E-state index contributed by atoms with van der Waals surface area (Å²) >= 11 is 0. The summed E-state index contributed by atoms with van der Waals surface area (Å²) in [6.07, 6.45) is 2.73. The number of hydrogen-bond acceptors (Lipinski definition) is 3. The lowest BCUT2D eigenvalue weighted by molar-refractivity contribution is -0.0489. The molecule has 3 heteroatoms. The van der Waals surface area contributed by atoms with E-state index in [4.69, 9.17) is 4.74 Å². The van der Waals surface area contributed by atoms with Crippen LogP contribution in [0.25, 0.3) is 0 Å². The normalized spacial score (nSPS) is 35.1. The number of ether oxygens (including phenoxy) is 1. The third-order valence-electron chi connectivity index (χ3n) is 3.69. The van der Waals surface area contributed by atoms with E-state index in [0.717, 1.165) is 12.8 Å². The van der Waals surface area contributed by atoms with Crippen molar-refractivity contribution in [2.75, 3.05) is 6.54 Å². The van der Waals surface area contributed by atoms with Gasteiger partial charge >= 0.3 is 0 Å². The maximum Gasteiger partial charge on any atom is 0.0766 e. The quantitative estimate of drug-likeness (QED) is 0.774. The molecule has 0 aromatic heterocycles. The van der Waals surface area contributed by atoms with Crippen LogP contribution >= 0.6 is 0 Å². The van der Waals surface area contributed by atoms with Gasteiger partial charge in [0.1, 0.15) is 0 Å². The van der Waals surface area contributed by atoms with Gasteiger partial charge in [-0.15, -0.1) is 0 Å². The van der Waals surface area contributed by atoms with E-state index in [-0.39, 0.29) is 5.92 Å². The molecular weight excluding hydrogens is 202 g/mol. The third kappa shape index (κ3) is 4.04. The number of hydrogen-bond donors (Lipinski definition) is 2. The van der Waals surface area contributed by atoms with Crippen molar-refractivity contribution in [3.63, 3.8) is 0 Å². The molecule has 0 aromatic rings. The van der Waals surface area contributed by atoms with Gasteiger partial charge in [-0.1, -0.05) is 13.8 Å². The van der Waals surface area contributed by atoms with Crippen molar-refractivity contribution in [2.45, 2.75) is 71.3 Å². The Bertz CT molecular complexity index is 206. The van der Waals surface area contributed by atoms with E-state index in [9.17, 15) is 5.11 Å². The summed E-state index contributed by atoms with van der Waals surface area (Å²) in [5.41, 5.74) is -0.620. The molecule has 0 spiro atoms. The first-order valence-electron chi connectivity index (χ1n) is 6.42. The van der Waals surface area contributed by atoms with Crippen molar-refractivity contribution in [1.29, 1.82) is 0 Å². The molecule has 0 aromatic carbocycles. The third-order valence-corrected chi connectivity index (χ3v) is 3.69. The van der Waals surface area contributed by atoms with Crippen LogP contribution in [0.2, 0.25) is 0 Å². The van der Waals surface area contributed by atoms with Gasteiger partial charge in [-0.05, 0) is 39.5 Å². The van der Waals surface area contributed by atoms with Gasteiger partial charge in [0.25, 0.3) is 0 Å².